The molecule has 0 bridgehead atoms. The van der Waals surface area contributed by atoms with E-state index in [0.29, 0.717) is 12.1 Å². The number of benzene rings is 2. The number of aromatic carboxylic acids is 1. The van der Waals surface area contributed by atoms with Crippen LogP contribution in [-0.4, -0.2) is 19.5 Å². The van der Waals surface area contributed by atoms with Crippen LogP contribution in [-0.2, 0) is 10.0 Å². The van der Waals surface area contributed by atoms with Crippen LogP contribution in [0.3, 0.4) is 0 Å². The summed E-state index contributed by atoms with van der Waals surface area (Å²) in [6.07, 6.45) is 0. The summed E-state index contributed by atoms with van der Waals surface area (Å²) in [6.45, 7) is 0. The lowest BCUT2D eigenvalue weighted by Gasteiger charge is -2.09. The van der Waals surface area contributed by atoms with Crippen LogP contribution in [0, 0.1) is 11.6 Å². The first-order valence-corrected chi connectivity index (χ1v) is 7.10. The third kappa shape index (κ3) is 3.16. The van der Waals surface area contributed by atoms with Crippen molar-refractivity contribution in [3.63, 3.8) is 0 Å². The summed E-state index contributed by atoms with van der Waals surface area (Å²) in [7, 11) is -4.01. The topological polar surface area (TPSA) is 83.5 Å². The molecule has 0 aromatic heterocycles. The number of carboxylic acid groups (broad SMARTS) is 1. The van der Waals surface area contributed by atoms with E-state index in [9.17, 15) is 22.0 Å². The molecule has 2 rings (SSSR count). The lowest BCUT2D eigenvalue weighted by Crippen LogP contribution is -2.14. The van der Waals surface area contributed by atoms with Crippen molar-refractivity contribution in [3.8, 4) is 0 Å². The zero-order valence-corrected chi connectivity index (χ0v) is 11.2. The normalized spacial score (nSPS) is 11.1. The van der Waals surface area contributed by atoms with Crippen LogP contribution in [0.2, 0.25) is 0 Å². The van der Waals surface area contributed by atoms with E-state index in [1.54, 1.807) is 6.07 Å². The Hall–Kier alpha value is -2.48. The Morgan fingerprint density at radius 2 is 1.57 bits per heavy atom. The highest BCUT2D eigenvalue weighted by Gasteiger charge is 2.20. The summed E-state index contributed by atoms with van der Waals surface area (Å²) >= 11 is 0. The average Bonchev–Trinajstić information content (AvgIpc) is 2.37. The molecule has 0 radical (unpaired) electrons. The standard InChI is InChI=1S/C13H9F2NO4S/c14-10-6-8(7-11(15)12(10)13(17)18)16-21(19,20)9-4-2-1-3-5-9/h1-7,16H,(H,17,18). The zero-order valence-electron chi connectivity index (χ0n) is 10.4. The molecule has 0 aliphatic heterocycles. The Bertz CT molecular complexity index is 768. The molecule has 0 fully saturated rings. The second kappa shape index (κ2) is 5.49. The largest absolute Gasteiger partial charge is 0.477 e. The van der Waals surface area contributed by atoms with Gasteiger partial charge in [-0.1, -0.05) is 18.2 Å². The van der Waals surface area contributed by atoms with E-state index >= 15 is 0 Å². The van der Waals surface area contributed by atoms with Gasteiger partial charge < -0.3 is 5.11 Å². The Balaban J connectivity index is 2.39. The van der Waals surface area contributed by atoms with Gasteiger partial charge in [0.2, 0.25) is 0 Å². The second-order valence-corrected chi connectivity index (χ2v) is 5.72. The Morgan fingerprint density at radius 1 is 1.05 bits per heavy atom. The van der Waals surface area contributed by atoms with E-state index in [1.165, 1.54) is 24.3 Å². The lowest BCUT2D eigenvalue weighted by atomic mass is 10.2. The van der Waals surface area contributed by atoms with Crippen molar-refractivity contribution in [3.05, 3.63) is 59.7 Å². The Morgan fingerprint density at radius 3 is 2.05 bits per heavy atom. The number of rotatable bonds is 4. The highest BCUT2D eigenvalue weighted by molar-refractivity contribution is 7.92. The van der Waals surface area contributed by atoms with Gasteiger partial charge in [0, 0.05) is 0 Å². The van der Waals surface area contributed by atoms with Crippen LogP contribution < -0.4 is 4.72 Å². The predicted molar refractivity (Wildman–Crippen MR) is 70.6 cm³/mol. The highest BCUT2D eigenvalue weighted by atomic mass is 32.2. The Kier molecular flexibility index (Phi) is 3.90. The second-order valence-electron chi connectivity index (χ2n) is 4.04. The first-order valence-electron chi connectivity index (χ1n) is 5.61. The summed E-state index contributed by atoms with van der Waals surface area (Å²) in [5.41, 5.74) is -1.54. The molecular formula is C13H9F2NO4S. The van der Waals surface area contributed by atoms with Crippen LogP contribution in [0.5, 0.6) is 0 Å². The molecule has 0 spiro atoms. The first-order chi connectivity index (χ1) is 9.81. The zero-order chi connectivity index (χ0) is 15.6. The number of hydrogen-bond acceptors (Lipinski definition) is 3. The van der Waals surface area contributed by atoms with Gasteiger partial charge in [-0.2, -0.15) is 0 Å². The molecular weight excluding hydrogens is 304 g/mol. The minimum Gasteiger partial charge on any atom is -0.477 e. The number of carbonyl (C=O) groups is 1. The predicted octanol–water partition coefficient (Wildman–Crippen LogP) is 2.46. The monoisotopic (exact) mass is 313 g/mol. The fourth-order valence-electron chi connectivity index (χ4n) is 1.65. The van der Waals surface area contributed by atoms with Crippen molar-refractivity contribution in [1.29, 1.82) is 0 Å². The van der Waals surface area contributed by atoms with Crippen molar-refractivity contribution in [2.45, 2.75) is 4.90 Å². The number of carboxylic acids is 1. The molecule has 2 N–H and O–H groups in total. The highest BCUT2D eigenvalue weighted by Crippen LogP contribution is 2.21. The number of sulfonamides is 1. The summed E-state index contributed by atoms with van der Waals surface area (Å²) in [5, 5.41) is 8.63. The van der Waals surface area contributed by atoms with Crippen LogP contribution >= 0.6 is 0 Å². The van der Waals surface area contributed by atoms with Crippen LogP contribution in [0.4, 0.5) is 14.5 Å². The van der Waals surface area contributed by atoms with Gasteiger partial charge in [-0.3, -0.25) is 4.72 Å². The SMILES string of the molecule is O=C(O)c1c(F)cc(NS(=O)(=O)c2ccccc2)cc1F. The van der Waals surface area contributed by atoms with Crippen LogP contribution in [0.15, 0.2) is 47.4 Å². The average molecular weight is 313 g/mol. The molecule has 0 heterocycles. The van der Waals surface area contributed by atoms with Crippen LogP contribution in [0.25, 0.3) is 0 Å². The van der Waals surface area contributed by atoms with Gasteiger partial charge in [0.1, 0.15) is 17.2 Å². The van der Waals surface area contributed by atoms with Gasteiger partial charge >= 0.3 is 5.97 Å². The van der Waals surface area contributed by atoms with Gasteiger partial charge in [-0.15, -0.1) is 0 Å². The lowest BCUT2D eigenvalue weighted by molar-refractivity contribution is 0.0686. The van der Waals surface area contributed by atoms with Crippen molar-refractivity contribution in [1.82, 2.24) is 0 Å². The van der Waals surface area contributed by atoms with E-state index in [1.807, 2.05) is 4.72 Å². The molecule has 2 aromatic carbocycles. The van der Waals surface area contributed by atoms with E-state index in [0.717, 1.165) is 0 Å². The van der Waals surface area contributed by atoms with E-state index in [4.69, 9.17) is 5.11 Å². The first kappa shape index (κ1) is 14.9. The molecule has 0 atom stereocenters. The molecule has 5 nitrogen and oxygen atoms in total. The van der Waals surface area contributed by atoms with Gasteiger partial charge in [0.15, 0.2) is 0 Å². The van der Waals surface area contributed by atoms with Crippen LogP contribution in [0.1, 0.15) is 10.4 Å². The number of anilines is 1. The minimum absolute atomic E-state index is 0.0897. The van der Waals surface area contributed by atoms with Gasteiger partial charge in [0.05, 0.1) is 10.6 Å². The quantitative estimate of drug-likeness (QED) is 0.908. The molecule has 2 aromatic rings. The Labute approximate surface area is 118 Å². The van der Waals surface area contributed by atoms with E-state index < -0.39 is 38.9 Å². The van der Waals surface area contributed by atoms with Crippen molar-refractivity contribution >= 4 is 21.7 Å². The van der Waals surface area contributed by atoms with Crippen molar-refractivity contribution in [2.24, 2.45) is 0 Å². The smallest absolute Gasteiger partial charge is 0.341 e. The van der Waals surface area contributed by atoms with Crippen molar-refractivity contribution < 1.29 is 27.1 Å². The molecule has 0 aliphatic rings. The maximum Gasteiger partial charge on any atom is 0.341 e. The molecule has 21 heavy (non-hydrogen) atoms. The molecule has 0 saturated heterocycles. The molecule has 8 heteroatoms. The minimum atomic E-state index is -4.01. The fourth-order valence-corrected chi connectivity index (χ4v) is 2.71. The van der Waals surface area contributed by atoms with Gasteiger partial charge in [-0.05, 0) is 24.3 Å². The van der Waals surface area contributed by atoms with E-state index in [2.05, 4.69) is 0 Å². The molecule has 0 saturated carbocycles. The number of hydrogen-bond donors (Lipinski definition) is 2. The summed E-state index contributed by atoms with van der Waals surface area (Å²) in [4.78, 5) is 10.6. The van der Waals surface area contributed by atoms with Gasteiger partial charge in [0.25, 0.3) is 10.0 Å². The fraction of sp³-hybridized carbons (Fsp3) is 0. The summed E-state index contributed by atoms with van der Waals surface area (Å²) < 4.78 is 52.9. The van der Waals surface area contributed by atoms with Gasteiger partial charge in [-0.25, -0.2) is 22.0 Å². The third-order valence-corrected chi connectivity index (χ3v) is 3.96. The summed E-state index contributed by atoms with van der Waals surface area (Å²) in [5.74, 6) is -4.51. The maximum atomic E-state index is 13.5. The maximum absolute atomic E-state index is 13.5. The third-order valence-electron chi connectivity index (χ3n) is 2.56. The van der Waals surface area contributed by atoms with E-state index in [-0.39, 0.29) is 4.90 Å². The molecule has 110 valence electrons. The number of nitrogens with one attached hydrogen (secondary N) is 1. The number of halogens is 2. The molecule has 0 unspecified atom stereocenters. The van der Waals surface area contributed by atoms with Crippen molar-refractivity contribution in [2.75, 3.05) is 4.72 Å². The molecule has 0 amide bonds. The summed E-state index contributed by atoms with van der Waals surface area (Å²) in [6, 6.07) is 8.41. The molecule has 0 aliphatic carbocycles.